The first kappa shape index (κ1) is 12.7. The molecule has 9 heteroatoms. The molecule has 0 aliphatic carbocycles. The molecule has 0 aromatic carbocycles. The molecule has 17 heavy (non-hydrogen) atoms. The van der Waals surface area contributed by atoms with Crippen LogP contribution in [0.4, 0.5) is 5.82 Å². The van der Waals surface area contributed by atoms with Gasteiger partial charge in [-0.25, -0.2) is 0 Å². The molecule has 0 bridgehead atoms. The van der Waals surface area contributed by atoms with Crippen molar-refractivity contribution in [1.29, 1.82) is 0 Å². The second-order valence-corrected chi connectivity index (χ2v) is 6.16. The maximum atomic E-state index is 8.21. The summed E-state index contributed by atoms with van der Waals surface area (Å²) in [5.41, 5.74) is 8.21. The molecule has 1 aromatic heterocycles. The summed E-state index contributed by atoms with van der Waals surface area (Å²) in [6, 6.07) is 0. The van der Waals surface area contributed by atoms with Crippen LogP contribution in [-0.4, -0.2) is 48.5 Å². The van der Waals surface area contributed by atoms with Crippen molar-refractivity contribution in [3.63, 3.8) is 0 Å². The summed E-state index contributed by atoms with van der Waals surface area (Å²) in [4.78, 5) is 7.29. The van der Waals surface area contributed by atoms with Gasteiger partial charge in [-0.15, -0.1) is 0 Å². The van der Waals surface area contributed by atoms with Crippen molar-refractivity contribution >= 4 is 38.9 Å². The fourth-order valence-corrected chi connectivity index (χ4v) is 3.71. The molecule has 1 fully saturated rings. The van der Waals surface area contributed by atoms with Crippen molar-refractivity contribution < 1.29 is 0 Å². The highest BCUT2D eigenvalue weighted by atomic mass is 32.9. The van der Waals surface area contributed by atoms with Crippen LogP contribution in [0.15, 0.2) is 5.11 Å². The number of nitrogens with zero attached hydrogens (tertiary/aromatic N) is 6. The minimum Gasteiger partial charge on any atom is -0.351 e. The van der Waals surface area contributed by atoms with Crippen LogP contribution < -0.4 is 4.90 Å². The van der Waals surface area contributed by atoms with E-state index in [9.17, 15) is 0 Å². The van der Waals surface area contributed by atoms with Gasteiger partial charge < -0.3 is 4.90 Å². The van der Waals surface area contributed by atoms with E-state index in [0.29, 0.717) is 6.54 Å². The van der Waals surface area contributed by atoms with Crippen LogP contribution in [0, 0.1) is 3.82 Å². The van der Waals surface area contributed by atoms with Gasteiger partial charge in [-0.3, -0.25) is 4.90 Å². The fraction of sp³-hybridized carbons (Fsp3) is 0.750. The summed E-state index contributed by atoms with van der Waals surface area (Å²) in [6.45, 7) is 5.20. The van der Waals surface area contributed by atoms with Crippen LogP contribution >= 0.6 is 33.1 Å². The maximum Gasteiger partial charge on any atom is 0.171 e. The van der Waals surface area contributed by atoms with Gasteiger partial charge in [0.2, 0.25) is 0 Å². The Morgan fingerprint density at radius 2 is 2.18 bits per heavy atom. The summed E-state index contributed by atoms with van der Waals surface area (Å²) < 4.78 is 5.22. The molecule has 1 aliphatic rings. The maximum absolute atomic E-state index is 8.21. The number of anilines is 1. The molecule has 1 aromatic rings. The van der Waals surface area contributed by atoms with Crippen molar-refractivity contribution in [1.82, 2.24) is 9.27 Å². The Morgan fingerprint density at radius 3 is 2.76 bits per heavy atom. The number of hydrogen-bond donors (Lipinski definition) is 0. The molecule has 92 valence electrons. The van der Waals surface area contributed by atoms with E-state index in [4.69, 9.17) is 17.7 Å². The van der Waals surface area contributed by atoms with Gasteiger partial charge in [0, 0.05) is 54.7 Å². The lowest BCUT2D eigenvalue weighted by Gasteiger charge is -2.34. The Balaban J connectivity index is 1.84. The van der Waals surface area contributed by atoms with Crippen LogP contribution in [-0.2, 0) is 0 Å². The topological polar surface area (TPSA) is 68.1 Å². The Bertz CT molecular complexity index is 454. The Morgan fingerprint density at radius 1 is 1.41 bits per heavy atom. The third-order valence-electron chi connectivity index (χ3n) is 2.67. The molecular weight excluding hydrogens is 276 g/mol. The smallest absolute Gasteiger partial charge is 0.171 e. The van der Waals surface area contributed by atoms with Gasteiger partial charge >= 0.3 is 0 Å². The molecule has 0 spiro atoms. The van der Waals surface area contributed by atoms with Crippen LogP contribution in [0.5, 0.6) is 0 Å². The van der Waals surface area contributed by atoms with Crippen molar-refractivity contribution in [3.8, 4) is 0 Å². The Labute approximate surface area is 112 Å². The van der Waals surface area contributed by atoms with E-state index in [-0.39, 0.29) is 0 Å². The van der Waals surface area contributed by atoms with Gasteiger partial charge in [-0.2, -0.15) is 4.37 Å². The second-order valence-electron chi connectivity index (χ2n) is 3.64. The lowest BCUT2D eigenvalue weighted by Crippen LogP contribution is -2.47. The Kier molecular flexibility index (Phi) is 4.69. The zero-order valence-electron chi connectivity index (χ0n) is 9.15. The predicted molar refractivity (Wildman–Crippen MR) is 73.5 cm³/mol. The number of piperazine rings is 1. The number of hydrogen-bond acceptors (Lipinski definition) is 7. The van der Waals surface area contributed by atoms with E-state index < -0.39 is 0 Å². The minimum atomic E-state index is 0.543. The zero-order valence-corrected chi connectivity index (χ0v) is 11.6. The third kappa shape index (κ3) is 3.36. The summed E-state index contributed by atoms with van der Waals surface area (Å²) in [6.07, 6.45) is 0. The normalized spacial score (nSPS) is 16.8. The average Bonchev–Trinajstić information content (AvgIpc) is 2.77. The van der Waals surface area contributed by atoms with E-state index in [1.54, 1.807) is 10.3 Å². The van der Waals surface area contributed by atoms with Crippen molar-refractivity contribution in [2.75, 3.05) is 44.2 Å². The zero-order chi connectivity index (χ0) is 12.1. The molecule has 2 rings (SSSR count). The lowest BCUT2D eigenvalue weighted by molar-refractivity contribution is 0.264. The van der Waals surface area contributed by atoms with Crippen LogP contribution in [0.3, 0.4) is 0 Å². The third-order valence-corrected chi connectivity index (χ3v) is 5.02. The van der Waals surface area contributed by atoms with E-state index in [1.807, 2.05) is 0 Å². The molecule has 0 atom stereocenters. The highest BCUT2D eigenvalue weighted by molar-refractivity contribution is 7.79. The largest absolute Gasteiger partial charge is 0.351 e. The van der Waals surface area contributed by atoms with Gasteiger partial charge in [-0.05, 0) is 15.9 Å². The first-order chi connectivity index (χ1) is 8.31. The summed E-state index contributed by atoms with van der Waals surface area (Å²) in [7, 11) is 3.01. The Hall–Kier alpha value is -0.730. The molecule has 1 saturated heterocycles. The second kappa shape index (κ2) is 6.27. The fourth-order valence-electron chi connectivity index (χ4n) is 1.76. The van der Waals surface area contributed by atoms with Crippen LogP contribution in [0.1, 0.15) is 0 Å². The summed E-state index contributed by atoms with van der Waals surface area (Å²) >= 11 is 5.24. The summed E-state index contributed by atoms with van der Waals surface area (Å²) in [5, 5.41) is 3.55. The molecule has 0 unspecified atom stereocenters. The predicted octanol–water partition coefficient (Wildman–Crippen LogP) is 2.37. The van der Waals surface area contributed by atoms with Crippen molar-refractivity contribution in [3.05, 3.63) is 14.3 Å². The molecule has 0 radical (unpaired) electrons. The highest BCUT2D eigenvalue weighted by Crippen LogP contribution is 2.22. The summed E-state index contributed by atoms with van der Waals surface area (Å²) in [5.74, 6) is 0.963. The molecule has 6 nitrogen and oxygen atoms in total. The SMILES string of the molecule is [N-]=[N+]=NCCN1CCN(c2nssc2=S)CC1. The van der Waals surface area contributed by atoms with Crippen molar-refractivity contribution in [2.24, 2.45) is 5.11 Å². The van der Waals surface area contributed by atoms with Gasteiger partial charge in [0.1, 0.15) is 3.82 Å². The highest BCUT2D eigenvalue weighted by Gasteiger charge is 2.19. The number of aromatic nitrogens is 1. The van der Waals surface area contributed by atoms with E-state index in [2.05, 4.69) is 24.2 Å². The monoisotopic (exact) mass is 288 g/mol. The van der Waals surface area contributed by atoms with Crippen LogP contribution in [0.25, 0.3) is 10.4 Å². The first-order valence-electron chi connectivity index (χ1n) is 5.25. The average molecular weight is 288 g/mol. The molecule has 2 heterocycles. The van der Waals surface area contributed by atoms with Crippen LogP contribution in [0.2, 0.25) is 0 Å². The first-order valence-corrected chi connectivity index (χ1v) is 7.77. The number of azide groups is 1. The minimum absolute atomic E-state index is 0.543. The van der Waals surface area contributed by atoms with E-state index >= 15 is 0 Å². The quantitative estimate of drug-likeness (QED) is 0.280. The van der Waals surface area contributed by atoms with E-state index in [1.165, 1.54) is 10.5 Å². The number of rotatable bonds is 4. The van der Waals surface area contributed by atoms with Crippen molar-refractivity contribution in [2.45, 2.75) is 0 Å². The molecule has 0 N–H and O–H groups in total. The van der Waals surface area contributed by atoms with Gasteiger partial charge in [-0.1, -0.05) is 17.3 Å². The van der Waals surface area contributed by atoms with E-state index in [0.717, 1.165) is 42.4 Å². The lowest BCUT2D eigenvalue weighted by atomic mass is 10.3. The van der Waals surface area contributed by atoms with Gasteiger partial charge in [0.25, 0.3) is 0 Å². The molecular formula is C8H12N6S3. The molecule has 0 saturated carbocycles. The molecule has 1 aliphatic heterocycles. The standard InChI is InChI=1S/C8H12N6S3/c9-12-10-1-2-13-3-5-14(6-4-13)7-8(15)16-17-11-7/h1-6H2. The van der Waals surface area contributed by atoms with Gasteiger partial charge in [0.05, 0.1) is 0 Å². The van der Waals surface area contributed by atoms with Gasteiger partial charge in [0.15, 0.2) is 5.82 Å². The molecule has 0 amide bonds.